The van der Waals surface area contributed by atoms with Crippen LogP contribution in [0.3, 0.4) is 0 Å². The molecule has 12 heavy (non-hydrogen) atoms. The fourth-order valence-electron chi connectivity index (χ4n) is 0.828. The molecule has 2 heterocycles. The van der Waals surface area contributed by atoms with E-state index in [1.54, 1.807) is 22.7 Å². The van der Waals surface area contributed by atoms with Crippen molar-refractivity contribution in [3.63, 3.8) is 0 Å². The van der Waals surface area contributed by atoms with E-state index in [4.69, 9.17) is 11.6 Å². The number of aryl methyl sites for hydroxylation is 1. The summed E-state index contributed by atoms with van der Waals surface area (Å²) in [6.45, 7) is 1.98. The molecule has 0 fully saturated rings. The Bertz CT molecular complexity index is 355. The van der Waals surface area contributed by atoms with Crippen LogP contribution in [0.25, 0.3) is 9.88 Å². The SMILES string of the molecule is Cc1ncc(-c2nc(Cl)cs2)s1. The van der Waals surface area contributed by atoms with E-state index in [0.29, 0.717) is 5.15 Å². The standard InChI is InChI=1S/C7H5ClN2S2/c1-4-9-2-5(12-4)7-10-6(8)3-11-7/h2-3H,1H3. The third-order valence-corrected chi connectivity index (χ3v) is 3.56. The number of aromatic nitrogens is 2. The average Bonchev–Trinajstić information content (AvgIpc) is 2.58. The van der Waals surface area contributed by atoms with Crippen molar-refractivity contribution < 1.29 is 0 Å². The molecule has 2 nitrogen and oxygen atoms in total. The van der Waals surface area contributed by atoms with E-state index in [1.807, 2.05) is 18.5 Å². The molecule has 0 atom stereocenters. The number of nitrogens with zero attached hydrogens (tertiary/aromatic N) is 2. The van der Waals surface area contributed by atoms with Crippen molar-refractivity contribution in [1.29, 1.82) is 0 Å². The lowest BCUT2D eigenvalue weighted by Crippen LogP contribution is -1.66. The lowest BCUT2D eigenvalue weighted by Gasteiger charge is -1.83. The lowest BCUT2D eigenvalue weighted by atomic mass is 10.6. The first kappa shape index (κ1) is 8.16. The third-order valence-electron chi connectivity index (χ3n) is 1.31. The largest absolute Gasteiger partial charge is 0.249 e. The summed E-state index contributed by atoms with van der Waals surface area (Å²) < 4.78 is 0. The molecule has 2 rings (SSSR count). The van der Waals surface area contributed by atoms with Crippen LogP contribution in [-0.2, 0) is 0 Å². The van der Waals surface area contributed by atoms with E-state index in [-0.39, 0.29) is 0 Å². The predicted molar refractivity (Wildman–Crippen MR) is 53.0 cm³/mol. The maximum Gasteiger partial charge on any atom is 0.140 e. The summed E-state index contributed by atoms with van der Waals surface area (Å²) in [6.07, 6.45) is 1.83. The van der Waals surface area contributed by atoms with Crippen LogP contribution in [-0.4, -0.2) is 9.97 Å². The highest BCUT2D eigenvalue weighted by atomic mass is 35.5. The minimum Gasteiger partial charge on any atom is -0.249 e. The molecule has 62 valence electrons. The third kappa shape index (κ3) is 1.50. The van der Waals surface area contributed by atoms with Gasteiger partial charge in [-0.15, -0.1) is 22.7 Å². The highest BCUT2D eigenvalue weighted by Gasteiger charge is 2.05. The Morgan fingerprint density at radius 2 is 2.33 bits per heavy atom. The van der Waals surface area contributed by atoms with Gasteiger partial charge in [0.15, 0.2) is 0 Å². The van der Waals surface area contributed by atoms with Crippen LogP contribution in [0.5, 0.6) is 0 Å². The van der Waals surface area contributed by atoms with Gasteiger partial charge in [-0.2, -0.15) is 0 Å². The maximum absolute atomic E-state index is 5.70. The van der Waals surface area contributed by atoms with Gasteiger partial charge < -0.3 is 0 Å². The van der Waals surface area contributed by atoms with Crippen molar-refractivity contribution in [3.05, 3.63) is 21.7 Å². The molecule has 0 amide bonds. The number of hydrogen-bond acceptors (Lipinski definition) is 4. The summed E-state index contributed by atoms with van der Waals surface area (Å²) in [5, 5.41) is 4.38. The Morgan fingerprint density at radius 3 is 2.83 bits per heavy atom. The number of hydrogen-bond donors (Lipinski definition) is 0. The molecule has 0 saturated heterocycles. The quantitative estimate of drug-likeness (QED) is 0.732. The molecule has 0 aliphatic carbocycles. The molecule has 0 unspecified atom stereocenters. The zero-order valence-electron chi connectivity index (χ0n) is 6.24. The molecule has 0 aromatic carbocycles. The topological polar surface area (TPSA) is 25.8 Å². The molecule has 0 spiro atoms. The van der Waals surface area contributed by atoms with Crippen LogP contribution in [0.1, 0.15) is 5.01 Å². The van der Waals surface area contributed by atoms with Gasteiger partial charge in [-0.1, -0.05) is 11.6 Å². The highest BCUT2D eigenvalue weighted by molar-refractivity contribution is 7.20. The van der Waals surface area contributed by atoms with Crippen LogP contribution in [0, 0.1) is 6.92 Å². The minimum absolute atomic E-state index is 0.557. The number of thiazole rings is 2. The summed E-state index contributed by atoms with van der Waals surface area (Å²) in [4.78, 5) is 9.38. The van der Waals surface area contributed by atoms with Crippen LogP contribution >= 0.6 is 34.3 Å². The van der Waals surface area contributed by atoms with Crippen molar-refractivity contribution >= 4 is 34.3 Å². The van der Waals surface area contributed by atoms with E-state index >= 15 is 0 Å². The van der Waals surface area contributed by atoms with Crippen LogP contribution in [0.4, 0.5) is 0 Å². The van der Waals surface area contributed by atoms with E-state index in [0.717, 1.165) is 14.9 Å². The lowest BCUT2D eigenvalue weighted by molar-refractivity contribution is 1.30. The summed E-state index contributed by atoms with van der Waals surface area (Å²) in [5.41, 5.74) is 0. The number of rotatable bonds is 1. The second kappa shape index (κ2) is 3.12. The van der Waals surface area contributed by atoms with Crippen molar-refractivity contribution in [2.75, 3.05) is 0 Å². The van der Waals surface area contributed by atoms with E-state index in [9.17, 15) is 0 Å². The summed E-state index contributed by atoms with van der Waals surface area (Å²) >= 11 is 8.88. The smallest absolute Gasteiger partial charge is 0.140 e. The van der Waals surface area contributed by atoms with Gasteiger partial charge in [-0.25, -0.2) is 9.97 Å². The van der Waals surface area contributed by atoms with Gasteiger partial charge in [-0.05, 0) is 6.92 Å². The summed E-state index contributed by atoms with van der Waals surface area (Å²) in [6, 6.07) is 0. The molecule has 0 saturated carbocycles. The first-order chi connectivity index (χ1) is 5.75. The predicted octanol–water partition coefficient (Wildman–Crippen LogP) is 3.23. The second-order valence-electron chi connectivity index (χ2n) is 2.22. The first-order valence-corrected chi connectivity index (χ1v) is 5.37. The highest BCUT2D eigenvalue weighted by Crippen LogP contribution is 2.29. The molecule has 0 aliphatic heterocycles. The second-order valence-corrected chi connectivity index (χ2v) is 4.70. The Labute approximate surface area is 82.9 Å². The van der Waals surface area contributed by atoms with Gasteiger partial charge in [0.2, 0.25) is 0 Å². The fraction of sp³-hybridized carbons (Fsp3) is 0.143. The number of halogens is 1. The van der Waals surface area contributed by atoms with E-state index in [2.05, 4.69) is 9.97 Å². The monoisotopic (exact) mass is 216 g/mol. The van der Waals surface area contributed by atoms with Crippen LogP contribution in [0.2, 0.25) is 5.15 Å². The maximum atomic E-state index is 5.70. The molecule has 2 aromatic heterocycles. The van der Waals surface area contributed by atoms with Crippen molar-refractivity contribution in [3.8, 4) is 9.88 Å². The molecule has 0 aliphatic rings. The van der Waals surface area contributed by atoms with Gasteiger partial charge in [0.25, 0.3) is 0 Å². The zero-order chi connectivity index (χ0) is 8.55. The van der Waals surface area contributed by atoms with Crippen LogP contribution < -0.4 is 0 Å². The molecule has 0 bridgehead atoms. The van der Waals surface area contributed by atoms with E-state index < -0.39 is 0 Å². The Morgan fingerprint density at radius 1 is 1.50 bits per heavy atom. The Balaban J connectivity index is 2.43. The minimum atomic E-state index is 0.557. The average molecular weight is 217 g/mol. The fourth-order valence-corrected chi connectivity index (χ4v) is 2.61. The molecular weight excluding hydrogens is 212 g/mol. The molecule has 2 aromatic rings. The van der Waals surface area contributed by atoms with Gasteiger partial charge >= 0.3 is 0 Å². The van der Waals surface area contributed by atoms with Gasteiger partial charge in [0.05, 0.1) is 9.88 Å². The first-order valence-electron chi connectivity index (χ1n) is 3.29. The van der Waals surface area contributed by atoms with Gasteiger partial charge in [0, 0.05) is 11.6 Å². The van der Waals surface area contributed by atoms with Gasteiger partial charge in [0.1, 0.15) is 10.2 Å². The Hall–Kier alpha value is -0.450. The summed E-state index contributed by atoms with van der Waals surface area (Å²) in [5.74, 6) is 0. The molecular formula is C7H5ClN2S2. The van der Waals surface area contributed by atoms with Gasteiger partial charge in [-0.3, -0.25) is 0 Å². The van der Waals surface area contributed by atoms with Crippen molar-refractivity contribution in [2.45, 2.75) is 6.92 Å². The molecule has 0 radical (unpaired) electrons. The molecule has 0 N–H and O–H groups in total. The zero-order valence-corrected chi connectivity index (χ0v) is 8.63. The van der Waals surface area contributed by atoms with E-state index in [1.165, 1.54) is 0 Å². The van der Waals surface area contributed by atoms with Crippen molar-refractivity contribution in [1.82, 2.24) is 9.97 Å². The van der Waals surface area contributed by atoms with Crippen LogP contribution in [0.15, 0.2) is 11.6 Å². The normalized spacial score (nSPS) is 10.5. The van der Waals surface area contributed by atoms with Crippen molar-refractivity contribution in [2.24, 2.45) is 0 Å². The Kier molecular flexibility index (Phi) is 2.12. The molecule has 5 heteroatoms. The summed E-state index contributed by atoms with van der Waals surface area (Å²) in [7, 11) is 0.